The van der Waals surface area contributed by atoms with Crippen molar-refractivity contribution < 1.29 is 9.47 Å². The molecule has 0 bridgehead atoms. The third-order valence-corrected chi connectivity index (χ3v) is 2.77. The molecule has 2 rings (SSSR count). The first-order chi connectivity index (χ1) is 7.31. The van der Waals surface area contributed by atoms with Crippen LogP contribution in [0.5, 0.6) is 5.75 Å². The van der Waals surface area contributed by atoms with Crippen LogP contribution in [0, 0.1) is 0 Å². The van der Waals surface area contributed by atoms with E-state index in [0.29, 0.717) is 6.61 Å². The lowest BCUT2D eigenvalue weighted by Gasteiger charge is -2.12. The van der Waals surface area contributed by atoms with Crippen molar-refractivity contribution in [2.45, 2.75) is 18.9 Å². The van der Waals surface area contributed by atoms with Gasteiger partial charge in [-0.1, -0.05) is 12.1 Å². The molecule has 0 radical (unpaired) electrons. The van der Waals surface area contributed by atoms with E-state index in [4.69, 9.17) is 15.2 Å². The molecular weight excluding hydrogens is 190 g/mol. The summed E-state index contributed by atoms with van der Waals surface area (Å²) in [6.45, 7) is 1.50. The van der Waals surface area contributed by atoms with E-state index in [9.17, 15) is 0 Å². The Kier molecular flexibility index (Phi) is 3.23. The zero-order valence-corrected chi connectivity index (χ0v) is 9.03. The zero-order chi connectivity index (χ0) is 10.7. The minimum atomic E-state index is 0.0656. The minimum Gasteiger partial charge on any atom is -0.493 e. The Balaban J connectivity index is 2.08. The number of fused-ring (bicyclic) bond motifs is 1. The van der Waals surface area contributed by atoms with Crippen LogP contribution in [0.2, 0.25) is 0 Å². The largest absolute Gasteiger partial charge is 0.493 e. The van der Waals surface area contributed by atoms with Crippen LogP contribution in [0.25, 0.3) is 0 Å². The average molecular weight is 207 g/mol. The molecule has 1 aliphatic heterocycles. The summed E-state index contributed by atoms with van der Waals surface area (Å²) in [6.07, 6.45) is 1.86. The van der Waals surface area contributed by atoms with Gasteiger partial charge in [0.2, 0.25) is 0 Å². The molecule has 0 saturated carbocycles. The molecule has 1 aromatic carbocycles. The molecule has 0 saturated heterocycles. The van der Waals surface area contributed by atoms with E-state index in [-0.39, 0.29) is 6.04 Å². The molecule has 3 nitrogen and oxygen atoms in total. The predicted octanol–water partition coefficient (Wildman–Crippen LogP) is 1.66. The number of ether oxygens (including phenoxy) is 2. The summed E-state index contributed by atoms with van der Waals surface area (Å²) in [6, 6.07) is 6.29. The van der Waals surface area contributed by atoms with Crippen molar-refractivity contribution in [3.8, 4) is 5.75 Å². The van der Waals surface area contributed by atoms with Gasteiger partial charge in [-0.15, -0.1) is 0 Å². The van der Waals surface area contributed by atoms with Crippen LogP contribution in [0.4, 0.5) is 0 Å². The smallest absolute Gasteiger partial charge is 0.122 e. The number of methoxy groups -OCH3 is 1. The summed E-state index contributed by atoms with van der Waals surface area (Å²) >= 11 is 0. The lowest BCUT2D eigenvalue weighted by atomic mass is 10.0. The van der Waals surface area contributed by atoms with E-state index < -0.39 is 0 Å². The first kappa shape index (κ1) is 10.5. The average Bonchev–Trinajstić information content (AvgIpc) is 2.72. The second-order valence-corrected chi connectivity index (χ2v) is 3.85. The van der Waals surface area contributed by atoms with Crippen molar-refractivity contribution >= 4 is 0 Å². The molecule has 82 valence electrons. The van der Waals surface area contributed by atoms with Crippen molar-refractivity contribution in [1.29, 1.82) is 0 Å². The third kappa shape index (κ3) is 2.30. The Labute approximate surface area is 90.2 Å². The van der Waals surface area contributed by atoms with Gasteiger partial charge in [0.1, 0.15) is 5.75 Å². The molecule has 1 atom stereocenters. The highest BCUT2D eigenvalue weighted by molar-refractivity contribution is 5.40. The highest BCUT2D eigenvalue weighted by atomic mass is 16.5. The van der Waals surface area contributed by atoms with Crippen LogP contribution in [0.15, 0.2) is 18.2 Å². The van der Waals surface area contributed by atoms with E-state index in [1.54, 1.807) is 7.11 Å². The van der Waals surface area contributed by atoms with Gasteiger partial charge in [-0.05, 0) is 23.6 Å². The van der Waals surface area contributed by atoms with Crippen molar-refractivity contribution in [2.75, 3.05) is 20.3 Å². The van der Waals surface area contributed by atoms with E-state index >= 15 is 0 Å². The van der Waals surface area contributed by atoms with Crippen molar-refractivity contribution in [2.24, 2.45) is 5.73 Å². The first-order valence-electron chi connectivity index (χ1n) is 5.31. The number of hydrogen-bond acceptors (Lipinski definition) is 3. The summed E-state index contributed by atoms with van der Waals surface area (Å²) in [7, 11) is 1.70. The molecule has 1 heterocycles. The standard InChI is InChI=1S/C12H17NO2/c1-14-6-5-11(13)9-2-3-12-10(8-9)4-7-15-12/h2-3,8,11H,4-7,13H2,1H3. The molecule has 15 heavy (non-hydrogen) atoms. The van der Waals surface area contributed by atoms with Crippen LogP contribution in [-0.2, 0) is 11.2 Å². The molecule has 1 aliphatic rings. The molecule has 0 amide bonds. The SMILES string of the molecule is COCCC(N)c1ccc2c(c1)CCO2. The summed E-state index contributed by atoms with van der Waals surface area (Å²) < 4.78 is 10.5. The fraction of sp³-hybridized carbons (Fsp3) is 0.500. The molecule has 0 fully saturated rings. The van der Waals surface area contributed by atoms with Gasteiger partial charge in [0.05, 0.1) is 6.61 Å². The highest BCUT2D eigenvalue weighted by Gasteiger charge is 2.14. The van der Waals surface area contributed by atoms with Crippen LogP contribution in [0.1, 0.15) is 23.6 Å². The fourth-order valence-electron chi connectivity index (χ4n) is 1.85. The predicted molar refractivity (Wildman–Crippen MR) is 59.1 cm³/mol. The zero-order valence-electron chi connectivity index (χ0n) is 9.03. The Morgan fingerprint density at radius 2 is 2.40 bits per heavy atom. The number of rotatable bonds is 4. The molecule has 2 N–H and O–H groups in total. The van der Waals surface area contributed by atoms with Gasteiger partial charge < -0.3 is 15.2 Å². The van der Waals surface area contributed by atoms with Gasteiger partial charge in [-0.25, -0.2) is 0 Å². The highest BCUT2D eigenvalue weighted by Crippen LogP contribution is 2.28. The maximum Gasteiger partial charge on any atom is 0.122 e. The molecule has 0 spiro atoms. The van der Waals surface area contributed by atoms with E-state index in [0.717, 1.165) is 25.2 Å². The topological polar surface area (TPSA) is 44.5 Å². The third-order valence-electron chi connectivity index (χ3n) is 2.77. The van der Waals surface area contributed by atoms with Gasteiger partial charge in [0, 0.05) is 26.2 Å². The maximum atomic E-state index is 6.05. The van der Waals surface area contributed by atoms with E-state index in [1.807, 2.05) is 12.1 Å². The Morgan fingerprint density at radius 3 is 3.20 bits per heavy atom. The number of nitrogens with two attached hydrogens (primary N) is 1. The monoisotopic (exact) mass is 207 g/mol. The van der Waals surface area contributed by atoms with Crippen LogP contribution < -0.4 is 10.5 Å². The van der Waals surface area contributed by atoms with Gasteiger partial charge in [0.25, 0.3) is 0 Å². The van der Waals surface area contributed by atoms with Crippen molar-refractivity contribution in [3.05, 3.63) is 29.3 Å². The van der Waals surface area contributed by atoms with Gasteiger partial charge in [-0.2, -0.15) is 0 Å². The van der Waals surface area contributed by atoms with E-state index in [1.165, 1.54) is 11.1 Å². The van der Waals surface area contributed by atoms with Crippen LogP contribution in [0.3, 0.4) is 0 Å². The van der Waals surface area contributed by atoms with E-state index in [2.05, 4.69) is 6.07 Å². The summed E-state index contributed by atoms with van der Waals surface area (Å²) in [5.41, 5.74) is 8.51. The second-order valence-electron chi connectivity index (χ2n) is 3.85. The Bertz CT molecular complexity index is 338. The van der Waals surface area contributed by atoms with Crippen molar-refractivity contribution in [1.82, 2.24) is 0 Å². The molecule has 0 aromatic heterocycles. The minimum absolute atomic E-state index is 0.0656. The summed E-state index contributed by atoms with van der Waals surface area (Å²) in [5.74, 6) is 1.01. The Morgan fingerprint density at radius 1 is 1.53 bits per heavy atom. The second kappa shape index (κ2) is 4.64. The Hall–Kier alpha value is -1.06. The van der Waals surface area contributed by atoms with Gasteiger partial charge in [0.15, 0.2) is 0 Å². The number of benzene rings is 1. The molecule has 1 aromatic rings. The maximum absolute atomic E-state index is 6.05. The lowest BCUT2D eigenvalue weighted by Crippen LogP contribution is -2.12. The quantitative estimate of drug-likeness (QED) is 0.816. The molecule has 0 aliphatic carbocycles. The fourth-order valence-corrected chi connectivity index (χ4v) is 1.85. The lowest BCUT2D eigenvalue weighted by molar-refractivity contribution is 0.188. The van der Waals surface area contributed by atoms with Gasteiger partial charge in [-0.3, -0.25) is 0 Å². The molecule has 3 heteroatoms. The summed E-state index contributed by atoms with van der Waals surface area (Å²) in [4.78, 5) is 0. The molecule has 1 unspecified atom stereocenters. The number of hydrogen-bond donors (Lipinski definition) is 1. The van der Waals surface area contributed by atoms with Crippen molar-refractivity contribution in [3.63, 3.8) is 0 Å². The van der Waals surface area contributed by atoms with Gasteiger partial charge >= 0.3 is 0 Å². The first-order valence-corrected chi connectivity index (χ1v) is 5.31. The summed E-state index contributed by atoms with van der Waals surface area (Å²) in [5, 5.41) is 0. The normalized spacial score (nSPS) is 15.9. The van der Waals surface area contributed by atoms with Crippen LogP contribution in [-0.4, -0.2) is 20.3 Å². The van der Waals surface area contributed by atoms with Crippen LogP contribution >= 0.6 is 0 Å². The molecular formula is C12H17NO2.